The Kier molecular flexibility index (Phi) is 6.59. The smallest absolute Gasteiger partial charge is 0.265 e. The maximum absolute atomic E-state index is 12.7. The minimum absolute atomic E-state index is 0.247. The maximum Gasteiger partial charge on any atom is 0.265 e. The summed E-state index contributed by atoms with van der Waals surface area (Å²) >= 11 is 0. The molecule has 29 heavy (non-hydrogen) atoms. The second kappa shape index (κ2) is 8.97. The van der Waals surface area contributed by atoms with Crippen molar-refractivity contribution in [1.82, 2.24) is 4.31 Å². The monoisotopic (exact) mass is 416 g/mol. The first-order valence-electron chi connectivity index (χ1n) is 9.92. The molecule has 1 fully saturated rings. The molecule has 6 nitrogen and oxygen atoms in total. The first-order chi connectivity index (χ1) is 13.8. The number of sulfonamides is 1. The van der Waals surface area contributed by atoms with Crippen LogP contribution in [-0.4, -0.2) is 37.8 Å². The van der Waals surface area contributed by atoms with E-state index < -0.39 is 16.1 Å². The second-order valence-corrected chi connectivity index (χ2v) is 9.50. The number of piperidine rings is 1. The summed E-state index contributed by atoms with van der Waals surface area (Å²) in [5, 5.41) is 2.78. The van der Waals surface area contributed by atoms with Crippen molar-refractivity contribution in [3.05, 3.63) is 53.6 Å². The molecule has 0 aromatic heterocycles. The van der Waals surface area contributed by atoms with E-state index in [1.165, 1.54) is 16.4 Å². The molecule has 0 saturated carbocycles. The zero-order valence-electron chi connectivity index (χ0n) is 17.1. The lowest BCUT2D eigenvalue weighted by Gasteiger charge is -2.25. The molecule has 1 saturated heterocycles. The lowest BCUT2D eigenvalue weighted by molar-refractivity contribution is -0.122. The number of hydrogen-bond acceptors (Lipinski definition) is 4. The van der Waals surface area contributed by atoms with Crippen LogP contribution >= 0.6 is 0 Å². The predicted molar refractivity (Wildman–Crippen MR) is 114 cm³/mol. The van der Waals surface area contributed by atoms with Gasteiger partial charge in [-0.25, -0.2) is 8.42 Å². The van der Waals surface area contributed by atoms with Gasteiger partial charge >= 0.3 is 0 Å². The summed E-state index contributed by atoms with van der Waals surface area (Å²) in [5.41, 5.74) is 2.67. The van der Waals surface area contributed by atoms with E-state index in [0.717, 1.165) is 30.4 Å². The molecular weight excluding hydrogens is 388 g/mol. The average Bonchev–Trinajstić information content (AvgIpc) is 2.68. The summed E-state index contributed by atoms with van der Waals surface area (Å²) < 4.78 is 32.7. The Morgan fingerprint density at radius 1 is 1.00 bits per heavy atom. The van der Waals surface area contributed by atoms with Crippen molar-refractivity contribution in [2.75, 3.05) is 18.4 Å². The Labute approximate surface area is 172 Å². The number of anilines is 1. The van der Waals surface area contributed by atoms with E-state index in [2.05, 4.69) is 5.32 Å². The fourth-order valence-corrected chi connectivity index (χ4v) is 4.98. The number of rotatable bonds is 6. The van der Waals surface area contributed by atoms with Crippen molar-refractivity contribution in [2.45, 2.75) is 51.0 Å². The van der Waals surface area contributed by atoms with Crippen molar-refractivity contribution in [3.8, 4) is 5.75 Å². The van der Waals surface area contributed by atoms with Crippen LogP contribution in [0.5, 0.6) is 5.75 Å². The first-order valence-corrected chi connectivity index (χ1v) is 11.4. The van der Waals surface area contributed by atoms with Gasteiger partial charge in [-0.2, -0.15) is 4.31 Å². The molecule has 1 aliphatic rings. The van der Waals surface area contributed by atoms with E-state index >= 15 is 0 Å². The minimum atomic E-state index is -3.48. The molecule has 7 heteroatoms. The number of ether oxygens (including phenoxy) is 1. The van der Waals surface area contributed by atoms with Crippen molar-refractivity contribution >= 4 is 21.6 Å². The summed E-state index contributed by atoms with van der Waals surface area (Å²) in [6.07, 6.45) is 2.17. The third kappa shape index (κ3) is 5.36. The van der Waals surface area contributed by atoms with Crippen LogP contribution in [0.15, 0.2) is 47.4 Å². The fourth-order valence-electron chi connectivity index (χ4n) is 3.47. The molecule has 0 spiro atoms. The quantitative estimate of drug-likeness (QED) is 0.775. The summed E-state index contributed by atoms with van der Waals surface area (Å²) in [4.78, 5) is 12.7. The molecular formula is C22H28N2O4S. The molecule has 3 rings (SSSR count). The highest BCUT2D eigenvalue weighted by Gasteiger charge is 2.25. The molecule has 1 amide bonds. The molecule has 2 aromatic carbocycles. The van der Waals surface area contributed by atoms with Gasteiger partial charge in [-0.15, -0.1) is 0 Å². The Bertz CT molecular complexity index is 945. The van der Waals surface area contributed by atoms with Gasteiger partial charge in [-0.05, 0) is 81.1 Å². The van der Waals surface area contributed by atoms with E-state index in [-0.39, 0.29) is 10.8 Å². The van der Waals surface area contributed by atoms with Gasteiger partial charge < -0.3 is 10.1 Å². The molecule has 0 bridgehead atoms. The van der Waals surface area contributed by atoms with Crippen LogP contribution in [-0.2, 0) is 14.8 Å². The van der Waals surface area contributed by atoms with Gasteiger partial charge in [0, 0.05) is 18.8 Å². The van der Waals surface area contributed by atoms with E-state index in [9.17, 15) is 13.2 Å². The number of amides is 1. The largest absolute Gasteiger partial charge is 0.481 e. The second-order valence-electron chi connectivity index (χ2n) is 7.56. The van der Waals surface area contributed by atoms with Crippen molar-refractivity contribution < 1.29 is 17.9 Å². The number of carbonyl (C=O) groups excluding carboxylic acids is 1. The van der Waals surface area contributed by atoms with Crippen LogP contribution in [0.3, 0.4) is 0 Å². The Morgan fingerprint density at radius 3 is 2.17 bits per heavy atom. The highest BCUT2D eigenvalue weighted by Crippen LogP contribution is 2.22. The number of benzene rings is 2. The van der Waals surface area contributed by atoms with Gasteiger partial charge in [-0.3, -0.25) is 4.79 Å². The molecule has 1 unspecified atom stereocenters. The number of nitrogens with zero attached hydrogens (tertiary/aromatic N) is 1. The molecule has 0 aliphatic carbocycles. The first kappa shape index (κ1) is 21.3. The number of nitrogens with one attached hydrogen (secondary N) is 1. The van der Waals surface area contributed by atoms with Gasteiger partial charge in [-0.1, -0.05) is 12.5 Å². The van der Waals surface area contributed by atoms with Gasteiger partial charge in [0.2, 0.25) is 10.0 Å². The minimum Gasteiger partial charge on any atom is -0.481 e. The third-order valence-corrected chi connectivity index (χ3v) is 6.86. The predicted octanol–water partition coefficient (Wildman–Crippen LogP) is 3.88. The van der Waals surface area contributed by atoms with Crippen LogP contribution in [0.2, 0.25) is 0 Å². The van der Waals surface area contributed by atoms with Crippen molar-refractivity contribution in [2.24, 2.45) is 0 Å². The SMILES string of the molecule is Cc1cc(C)cc(OC(C)C(=O)Nc2ccc(S(=O)(=O)N3CCCCC3)cc2)c1. The summed E-state index contributed by atoms with van der Waals surface area (Å²) in [5.74, 6) is 0.351. The Balaban J connectivity index is 1.63. The third-order valence-electron chi connectivity index (χ3n) is 4.95. The Morgan fingerprint density at radius 2 is 1.59 bits per heavy atom. The van der Waals surface area contributed by atoms with Crippen LogP contribution in [0, 0.1) is 13.8 Å². The molecule has 1 N–H and O–H groups in total. The molecule has 0 radical (unpaired) electrons. The zero-order valence-corrected chi connectivity index (χ0v) is 18.0. The van der Waals surface area contributed by atoms with Gasteiger partial charge in [0.05, 0.1) is 4.90 Å². The molecule has 1 heterocycles. The number of carbonyl (C=O) groups is 1. The van der Waals surface area contributed by atoms with Gasteiger partial charge in [0.25, 0.3) is 5.91 Å². The van der Waals surface area contributed by atoms with Crippen molar-refractivity contribution in [1.29, 1.82) is 0 Å². The van der Waals surface area contributed by atoms with Gasteiger partial charge in [0.15, 0.2) is 6.10 Å². The average molecular weight is 417 g/mol. The van der Waals surface area contributed by atoms with Crippen LogP contribution in [0.25, 0.3) is 0 Å². The maximum atomic E-state index is 12.7. The van der Waals surface area contributed by atoms with Crippen LogP contribution in [0.1, 0.15) is 37.3 Å². The molecule has 1 aliphatic heterocycles. The molecule has 2 aromatic rings. The normalized spacial score (nSPS) is 16.2. The fraction of sp³-hybridized carbons (Fsp3) is 0.409. The standard InChI is InChI=1S/C22H28N2O4S/c1-16-13-17(2)15-20(14-16)28-18(3)22(25)23-19-7-9-21(10-8-19)29(26,27)24-11-5-4-6-12-24/h7-10,13-15,18H,4-6,11-12H2,1-3H3,(H,23,25). The Hall–Kier alpha value is -2.38. The van der Waals surface area contributed by atoms with Gasteiger partial charge in [0.1, 0.15) is 5.75 Å². The topological polar surface area (TPSA) is 75.7 Å². The van der Waals surface area contributed by atoms with Crippen molar-refractivity contribution in [3.63, 3.8) is 0 Å². The zero-order chi connectivity index (χ0) is 21.0. The summed E-state index contributed by atoms with van der Waals surface area (Å²) in [6.45, 7) is 6.76. The molecule has 1 atom stereocenters. The number of hydrogen-bond donors (Lipinski definition) is 1. The van der Waals surface area contributed by atoms with Crippen LogP contribution in [0.4, 0.5) is 5.69 Å². The summed E-state index contributed by atoms with van der Waals surface area (Å²) in [7, 11) is -3.48. The number of aryl methyl sites for hydroxylation is 2. The van der Waals surface area contributed by atoms with E-state index in [0.29, 0.717) is 24.5 Å². The van der Waals surface area contributed by atoms with E-state index in [4.69, 9.17) is 4.74 Å². The summed E-state index contributed by atoms with van der Waals surface area (Å²) in [6, 6.07) is 12.1. The highest BCUT2D eigenvalue weighted by molar-refractivity contribution is 7.89. The van der Waals surface area contributed by atoms with E-state index in [1.54, 1.807) is 19.1 Å². The highest BCUT2D eigenvalue weighted by atomic mass is 32.2. The lowest BCUT2D eigenvalue weighted by Crippen LogP contribution is -2.35. The molecule has 156 valence electrons. The lowest BCUT2D eigenvalue weighted by atomic mass is 10.1. The van der Waals surface area contributed by atoms with Crippen LogP contribution < -0.4 is 10.1 Å². The van der Waals surface area contributed by atoms with E-state index in [1.807, 2.05) is 32.0 Å².